The molecular weight excluding hydrogens is 238 g/mol. The minimum absolute atomic E-state index is 0.117. The molecule has 1 aliphatic rings. The van der Waals surface area contributed by atoms with E-state index in [-0.39, 0.29) is 5.69 Å². The Hall–Kier alpha value is -1.16. The summed E-state index contributed by atoms with van der Waals surface area (Å²) in [7, 11) is 2.00. The van der Waals surface area contributed by atoms with Crippen molar-refractivity contribution in [3.8, 4) is 0 Å². The molecule has 1 N–H and O–H groups in total. The Balaban J connectivity index is 2.16. The average Bonchev–Trinajstić information content (AvgIpc) is 2.39. The minimum atomic E-state index is -0.117. The van der Waals surface area contributed by atoms with Crippen LogP contribution >= 0.6 is 0 Å². The molecule has 1 atom stereocenters. The maximum atomic E-state index is 12.0. The summed E-state index contributed by atoms with van der Waals surface area (Å²) in [5.41, 5.74) is 1.69. The Labute approximate surface area is 115 Å². The number of hydrogen-bond acceptors (Lipinski definition) is 3. The first-order valence-electron chi connectivity index (χ1n) is 7.34. The van der Waals surface area contributed by atoms with Crippen LogP contribution in [0.25, 0.3) is 0 Å². The van der Waals surface area contributed by atoms with Crippen LogP contribution in [0.4, 0.5) is 0 Å². The summed E-state index contributed by atoms with van der Waals surface area (Å²) in [5, 5.41) is 3.40. The lowest BCUT2D eigenvalue weighted by Crippen LogP contribution is -2.42. The van der Waals surface area contributed by atoms with E-state index in [0.717, 1.165) is 17.9 Å². The largest absolute Gasteiger partial charge is 0.348 e. The highest BCUT2D eigenvalue weighted by Crippen LogP contribution is 2.27. The quantitative estimate of drug-likeness (QED) is 0.904. The van der Waals surface area contributed by atoms with Gasteiger partial charge in [-0.15, -0.1) is 0 Å². The third-order valence-electron chi connectivity index (χ3n) is 4.32. The highest BCUT2D eigenvalue weighted by molar-refractivity contribution is 5.07. The first-order chi connectivity index (χ1) is 9.11. The Morgan fingerprint density at radius 1 is 1.37 bits per heavy atom. The third-order valence-corrected chi connectivity index (χ3v) is 4.32. The summed E-state index contributed by atoms with van der Waals surface area (Å²) in [4.78, 5) is 16.1. The van der Waals surface area contributed by atoms with Crippen LogP contribution in [-0.4, -0.2) is 22.6 Å². The summed E-state index contributed by atoms with van der Waals surface area (Å²) < 4.78 is 1.81. The van der Waals surface area contributed by atoms with E-state index in [1.165, 1.54) is 32.1 Å². The topological polar surface area (TPSA) is 46.9 Å². The second-order valence-corrected chi connectivity index (χ2v) is 5.73. The molecule has 1 aromatic rings. The molecular formula is C15H25N3O. The van der Waals surface area contributed by atoms with Gasteiger partial charge in [-0.25, -0.2) is 4.79 Å². The van der Waals surface area contributed by atoms with Crippen molar-refractivity contribution in [1.29, 1.82) is 0 Å². The van der Waals surface area contributed by atoms with E-state index < -0.39 is 0 Å². The monoisotopic (exact) mass is 263 g/mol. The molecule has 1 aromatic heterocycles. The zero-order chi connectivity index (χ0) is 13.8. The van der Waals surface area contributed by atoms with Crippen molar-refractivity contribution in [2.24, 2.45) is 5.92 Å². The Morgan fingerprint density at radius 2 is 2.05 bits per heavy atom. The van der Waals surface area contributed by atoms with Crippen LogP contribution in [0.1, 0.15) is 43.5 Å². The molecule has 1 heterocycles. The maximum absolute atomic E-state index is 12.0. The van der Waals surface area contributed by atoms with Crippen LogP contribution in [0.5, 0.6) is 0 Å². The molecule has 4 nitrogen and oxygen atoms in total. The van der Waals surface area contributed by atoms with E-state index in [2.05, 4.69) is 10.3 Å². The summed E-state index contributed by atoms with van der Waals surface area (Å²) in [6, 6.07) is 2.36. The van der Waals surface area contributed by atoms with Crippen LogP contribution in [-0.2, 0) is 6.54 Å². The maximum Gasteiger partial charge on any atom is 0.348 e. The number of nitrogens with zero attached hydrogens (tertiary/aromatic N) is 2. The minimum Gasteiger partial charge on any atom is -0.315 e. The molecule has 0 spiro atoms. The van der Waals surface area contributed by atoms with Gasteiger partial charge in [0.25, 0.3) is 0 Å². The van der Waals surface area contributed by atoms with Crippen molar-refractivity contribution in [1.82, 2.24) is 14.9 Å². The van der Waals surface area contributed by atoms with Gasteiger partial charge in [0.2, 0.25) is 0 Å². The molecule has 19 heavy (non-hydrogen) atoms. The highest BCUT2D eigenvalue weighted by Gasteiger charge is 2.23. The molecule has 0 saturated heterocycles. The van der Waals surface area contributed by atoms with Crippen LogP contribution in [0.15, 0.2) is 10.9 Å². The van der Waals surface area contributed by atoms with Crippen molar-refractivity contribution < 1.29 is 0 Å². The number of aryl methyl sites for hydroxylation is 2. The predicted octanol–water partition coefficient (Wildman–Crippen LogP) is 2.03. The van der Waals surface area contributed by atoms with Crippen LogP contribution in [0.3, 0.4) is 0 Å². The molecule has 4 heteroatoms. The molecule has 106 valence electrons. The SMILES string of the molecule is CNC(Cn1c(C)cc(C)nc1=O)C1CCCCC1. The molecule has 1 unspecified atom stereocenters. The second-order valence-electron chi connectivity index (χ2n) is 5.73. The van der Waals surface area contributed by atoms with Crippen LogP contribution < -0.4 is 11.0 Å². The molecule has 0 bridgehead atoms. The lowest BCUT2D eigenvalue weighted by molar-refractivity contribution is 0.254. The molecule has 1 fully saturated rings. The van der Waals surface area contributed by atoms with Gasteiger partial charge in [-0.3, -0.25) is 4.57 Å². The molecule has 0 aromatic carbocycles. The first-order valence-corrected chi connectivity index (χ1v) is 7.34. The highest BCUT2D eigenvalue weighted by atomic mass is 16.1. The second kappa shape index (κ2) is 6.33. The van der Waals surface area contributed by atoms with E-state index in [9.17, 15) is 4.79 Å². The van der Waals surface area contributed by atoms with Crippen molar-refractivity contribution in [3.63, 3.8) is 0 Å². The third kappa shape index (κ3) is 3.44. The van der Waals surface area contributed by atoms with E-state index in [1.807, 2.05) is 31.5 Å². The standard InChI is InChI=1S/C15H25N3O/c1-11-9-12(2)18(15(19)17-11)10-14(16-3)13-7-5-4-6-8-13/h9,13-14,16H,4-8,10H2,1-3H3. The molecule has 0 aliphatic heterocycles. The Morgan fingerprint density at radius 3 is 2.63 bits per heavy atom. The normalized spacial score (nSPS) is 18.5. The molecule has 2 rings (SSSR count). The van der Waals surface area contributed by atoms with Gasteiger partial charge in [0, 0.05) is 24.0 Å². The van der Waals surface area contributed by atoms with Gasteiger partial charge in [0.05, 0.1) is 0 Å². The first kappa shape index (κ1) is 14.3. The van der Waals surface area contributed by atoms with Crippen molar-refractivity contribution in [2.45, 2.75) is 58.5 Å². The Kier molecular flexibility index (Phi) is 4.75. The van der Waals surface area contributed by atoms with E-state index in [4.69, 9.17) is 0 Å². The smallest absolute Gasteiger partial charge is 0.315 e. The van der Waals surface area contributed by atoms with Gasteiger partial charge in [-0.2, -0.15) is 4.98 Å². The summed E-state index contributed by atoms with van der Waals surface area (Å²) in [6.07, 6.45) is 6.56. The summed E-state index contributed by atoms with van der Waals surface area (Å²) >= 11 is 0. The zero-order valence-electron chi connectivity index (χ0n) is 12.3. The molecule has 1 aliphatic carbocycles. The molecule has 1 saturated carbocycles. The fourth-order valence-electron chi connectivity index (χ4n) is 3.21. The Bertz CT molecular complexity index is 475. The predicted molar refractivity (Wildman–Crippen MR) is 77.4 cm³/mol. The average molecular weight is 263 g/mol. The van der Waals surface area contributed by atoms with Gasteiger partial charge < -0.3 is 5.32 Å². The number of hydrogen-bond donors (Lipinski definition) is 1. The lowest BCUT2D eigenvalue weighted by Gasteiger charge is -2.30. The number of rotatable bonds is 4. The van der Waals surface area contributed by atoms with E-state index in [0.29, 0.717) is 12.0 Å². The van der Waals surface area contributed by atoms with Crippen molar-refractivity contribution >= 4 is 0 Å². The zero-order valence-corrected chi connectivity index (χ0v) is 12.3. The van der Waals surface area contributed by atoms with Gasteiger partial charge >= 0.3 is 5.69 Å². The fourth-order valence-corrected chi connectivity index (χ4v) is 3.21. The van der Waals surface area contributed by atoms with Gasteiger partial charge in [-0.1, -0.05) is 19.3 Å². The van der Waals surface area contributed by atoms with Crippen molar-refractivity contribution in [3.05, 3.63) is 27.9 Å². The fraction of sp³-hybridized carbons (Fsp3) is 0.733. The summed E-state index contributed by atoms with van der Waals surface area (Å²) in [5.74, 6) is 0.686. The van der Waals surface area contributed by atoms with Crippen LogP contribution in [0, 0.1) is 19.8 Å². The number of aromatic nitrogens is 2. The lowest BCUT2D eigenvalue weighted by atomic mass is 9.84. The molecule has 0 amide bonds. The van der Waals surface area contributed by atoms with Gasteiger partial charge in [0.1, 0.15) is 0 Å². The number of likely N-dealkylation sites (N-methyl/N-ethyl adjacent to an activating group) is 1. The van der Waals surface area contributed by atoms with Gasteiger partial charge in [0.15, 0.2) is 0 Å². The van der Waals surface area contributed by atoms with E-state index in [1.54, 1.807) is 0 Å². The van der Waals surface area contributed by atoms with Crippen LogP contribution in [0.2, 0.25) is 0 Å². The van der Waals surface area contributed by atoms with E-state index >= 15 is 0 Å². The molecule has 0 radical (unpaired) electrons. The summed E-state index contributed by atoms with van der Waals surface area (Å²) in [6.45, 7) is 4.60. The number of nitrogens with one attached hydrogen (secondary N) is 1. The van der Waals surface area contributed by atoms with Gasteiger partial charge in [-0.05, 0) is 45.7 Å². The van der Waals surface area contributed by atoms with Crippen molar-refractivity contribution in [2.75, 3.05) is 7.05 Å².